The lowest BCUT2D eigenvalue weighted by molar-refractivity contribution is -0.137. The number of hydrogen-bond acceptors (Lipinski definition) is 6. The van der Waals surface area contributed by atoms with Gasteiger partial charge in [0.1, 0.15) is 5.82 Å². The lowest BCUT2D eigenvalue weighted by atomic mass is 10.2. The number of rotatable bonds is 5. The third kappa shape index (κ3) is 6.05. The van der Waals surface area contributed by atoms with Gasteiger partial charge in [-0.25, -0.2) is 9.97 Å². The zero-order valence-electron chi connectivity index (χ0n) is 19.0. The number of nitrogens with zero attached hydrogens (tertiary/aromatic N) is 3. The number of benzene rings is 2. The first-order chi connectivity index (χ1) is 16.7. The van der Waals surface area contributed by atoms with Crippen molar-refractivity contribution in [2.45, 2.75) is 25.9 Å². The Bertz CT molecular complexity index is 1320. The number of nitrogens with one attached hydrogen (secondary N) is 3. The number of carbonyl (C=O) groups is 1. The third-order valence-corrected chi connectivity index (χ3v) is 5.23. The molecule has 0 spiro atoms. The van der Waals surface area contributed by atoms with E-state index in [2.05, 4.69) is 30.8 Å². The number of amides is 1. The van der Waals surface area contributed by atoms with Gasteiger partial charge < -0.3 is 15.4 Å². The number of aromatic nitrogens is 4. The molecule has 182 valence electrons. The molecule has 1 aliphatic carbocycles. The Balaban J connectivity index is 0.000000168. The Morgan fingerprint density at radius 1 is 1.09 bits per heavy atom. The maximum atomic E-state index is 12.2. The maximum Gasteiger partial charge on any atom is 0.416 e. The van der Waals surface area contributed by atoms with Crippen molar-refractivity contribution in [2.24, 2.45) is 5.92 Å². The lowest BCUT2D eigenvalue weighted by Gasteiger charge is -2.08. The summed E-state index contributed by atoms with van der Waals surface area (Å²) >= 11 is 0. The number of H-pyrrole nitrogens is 1. The highest BCUT2D eigenvalue weighted by molar-refractivity contribution is 5.94. The minimum Gasteiger partial charge on any atom is -0.491 e. The van der Waals surface area contributed by atoms with Crippen LogP contribution in [-0.4, -0.2) is 33.2 Å². The minimum atomic E-state index is -4.33. The van der Waals surface area contributed by atoms with Crippen LogP contribution in [0.3, 0.4) is 0 Å². The molecule has 1 saturated carbocycles. The van der Waals surface area contributed by atoms with Crippen molar-refractivity contribution >= 4 is 34.1 Å². The average molecular weight is 484 g/mol. The Morgan fingerprint density at radius 3 is 2.46 bits per heavy atom. The molecule has 1 aliphatic rings. The molecule has 35 heavy (non-hydrogen) atoms. The van der Waals surface area contributed by atoms with E-state index < -0.39 is 11.7 Å². The second-order valence-corrected chi connectivity index (χ2v) is 7.92. The standard InChI is InChI=1S/C13H13N5O.C11H10F3NO/c1-8-14-7-11(19-2)13(15-8)16-12-9-5-3-4-6-10(9)17-18-12;12-11(13,14)8-3-5-9(6-4-8)15-10(16)7-1-2-7/h3-7H,1-2H3,(H2,14,15,16,17,18);3-7H,1-2H2,(H,15,16). The number of fused-ring (bicyclic) bond motifs is 1. The highest BCUT2D eigenvalue weighted by Gasteiger charge is 2.31. The number of alkyl halides is 3. The number of halogens is 3. The van der Waals surface area contributed by atoms with E-state index >= 15 is 0 Å². The van der Waals surface area contributed by atoms with Gasteiger partial charge in [-0.1, -0.05) is 12.1 Å². The van der Waals surface area contributed by atoms with E-state index in [1.807, 2.05) is 31.2 Å². The van der Waals surface area contributed by atoms with Crippen molar-refractivity contribution in [1.82, 2.24) is 20.2 Å². The van der Waals surface area contributed by atoms with E-state index in [1.54, 1.807) is 13.3 Å². The Labute approximate surface area is 198 Å². The molecule has 0 bridgehead atoms. The second-order valence-electron chi connectivity index (χ2n) is 7.92. The van der Waals surface area contributed by atoms with E-state index in [0.29, 0.717) is 28.9 Å². The summed E-state index contributed by atoms with van der Waals surface area (Å²) < 4.78 is 41.9. The number of ether oxygens (including phenoxy) is 1. The first-order valence-corrected chi connectivity index (χ1v) is 10.8. The first-order valence-electron chi connectivity index (χ1n) is 10.8. The zero-order chi connectivity index (χ0) is 25.0. The summed E-state index contributed by atoms with van der Waals surface area (Å²) in [6, 6.07) is 12.3. The summed E-state index contributed by atoms with van der Waals surface area (Å²) in [5.41, 5.74) is 0.663. The van der Waals surface area contributed by atoms with Crippen LogP contribution in [-0.2, 0) is 11.0 Å². The van der Waals surface area contributed by atoms with Gasteiger partial charge in [-0.2, -0.15) is 18.3 Å². The number of anilines is 3. The molecule has 2 heterocycles. The van der Waals surface area contributed by atoms with Gasteiger partial charge in [0, 0.05) is 17.0 Å². The zero-order valence-corrected chi connectivity index (χ0v) is 19.0. The Morgan fingerprint density at radius 2 is 1.80 bits per heavy atom. The van der Waals surface area contributed by atoms with E-state index in [9.17, 15) is 18.0 Å². The molecule has 0 atom stereocenters. The van der Waals surface area contributed by atoms with Gasteiger partial charge in [0.2, 0.25) is 5.91 Å². The Kier molecular flexibility index (Phi) is 6.85. The van der Waals surface area contributed by atoms with Crippen LogP contribution < -0.4 is 15.4 Å². The summed E-state index contributed by atoms with van der Waals surface area (Å²) in [6.07, 6.45) is -0.961. The van der Waals surface area contributed by atoms with E-state index in [1.165, 1.54) is 12.1 Å². The normalized spacial score (nSPS) is 13.1. The van der Waals surface area contributed by atoms with Crippen LogP contribution in [0, 0.1) is 12.8 Å². The molecule has 1 fully saturated rings. The molecule has 1 amide bonds. The van der Waals surface area contributed by atoms with Crippen molar-refractivity contribution in [3.63, 3.8) is 0 Å². The van der Waals surface area contributed by atoms with Crippen LogP contribution in [0.4, 0.5) is 30.5 Å². The van der Waals surface area contributed by atoms with Crippen molar-refractivity contribution in [3.8, 4) is 5.75 Å². The summed E-state index contributed by atoms with van der Waals surface area (Å²) in [5.74, 6) is 2.50. The molecule has 11 heteroatoms. The van der Waals surface area contributed by atoms with Crippen LogP contribution >= 0.6 is 0 Å². The number of carbonyl (C=O) groups excluding carboxylic acids is 1. The third-order valence-electron chi connectivity index (χ3n) is 5.23. The van der Waals surface area contributed by atoms with Gasteiger partial charge in [0.05, 0.1) is 24.4 Å². The molecular weight excluding hydrogens is 461 g/mol. The molecule has 0 saturated heterocycles. The molecule has 0 radical (unpaired) electrons. The van der Waals surface area contributed by atoms with Gasteiger partial charge in [-0.15, -0.1) is 0 Å². The molecular formula is C24H23F3N6O2. The monoisotopic (exact) mass is 484 g/mol. The van der Waals surface area contributed by atoms with E-state index in [4.69, 9.17) is 4.74 Å². The van der Waals surface area contributed by atoms with Crippen LogP contribution in [0.2, 0.25) is 0 Å². The van der Waals surface area contributed by atoms with Crippen molar-refractivity contribution < 1.29 is 22.7 Å². The molecule has 4 aromatic rings. The number of aryl methyl sites for hydroxylation is 1. The van der Waals surface area contributed by atoms with Gasteiger partial charge >= 0.3 is 6.18 Å². The van der Waals surface area contributed by atoms with Gasteiger partial charge in [0.15, 0.2) is 17.4 Å². The fraction of sp³-hybridized carbons (Fsp3) is 0.250. The van der Waals surface area contributed by atoms with Crippen molar-refractivity contribution in [3.05, 3.63) is 66.1 Å². The molecule has 0 aliphatic heterocycles. The molecule has 3 N–H and O–H groups in total. The number of para-hydroxylation sites is 1. The lowest BCUT2D eigenvalue weighted by Crippen LogP contribution is -2.13. The molecule has 2 aromatic heterocycles. The summed E-state index contributed by atoms with van der Waals surface area (Å²) in [5, 5.41) is 14.0. The van der Waals surface area contributed by atoms with Crippen molar-refractivity contribution in [1.29, 1.82) is 0 Å². The summed E-state index contributed by atoms with van der Waals surface area (Å²) in [6.45, 7) is 1.83. The maximum absolute atomic E-state index is 12.2. The SMILES string of the molecule is COc1cnc(C)nc1Nc1n[nH]c2ccccc12.O=C(Nc1ccc(C(F)(F)F)cc1)C1CC1. The Hall–Kier alpha value is -4.15. The smallest absolute Gasteiger partial charge is 0.416 e. The van der Waals surface area contributed by atoms with Crippen LogP contribution in [0.25, 0.3) is 10.9 Å². The first kappa shape index (κ1) is 24.0. The predicted molar refractivity (Wildman–Crippen MR) is 125 cm³/mol. The van der Waals surface area contributed by atoms with E-state index in [-0.39, 0.29) is 11.8 Å². The minimum absolute atomic E-state index is 0.0438. The summed E-state index contributed by atoms with van der Waals surface area (Å²) in [4.78, 5) is 19.7. The van der Waals surface area contributed by atoms with Crippen molar-refractivity contribution in [2.75, 3.05) is 17.7 Å². The van der Waals surface area contributed by atoms with Gasteiger partial charge in [-0.05, 0) is 56.2 Å². The number of methoxy groups -OCH3 is 1. The number of hydrogen-bond donors (Lipinski definition) is 3. The highest BCUT2D eigenvalue weighted by Crippen LogP contribution is 2.32. The molecule has 8 nitrogen and oxygen atoms in total. The average Bonchev–Trinajstić information content (AvgIpc) is 3.62. The molecule has 0 unspecified atom stereocenters. The number of aromatic amines is 1. The fourth-order valence-electron chi connectivity index (χ4n) is 3.20. The topological polar surface area (TPSA) is 105 Å². The van der Waals surface area contributed by atoms with Crippen LogP contribution in [0.5, 0.6) is 5.75 Å². The van der Waals surface area contributed by atoms with E-state index in [0.717, 1.165) is 35.9 Å². The highest BCUT2D eigenvalue weighted by atomic mass is 19.4. The molecule has 2 aromatic carbocycles. The fourth-order valence-corrected chi connectivity index (χ4v) is 3.20. The largest absolute Gasteiger partial charge is 0.491 e. The van der Waals surface area contributed by atoms with Gasteiger partial charge in [-0.3, -0.25) is 9.89 Å². The summed E-state index contributed by atoms with van der Waals surface area (Å²) in [7, 11) is 1.59. The predicted octanol–water partition coefficient (Wildman–Crippen LogP) is 5.47. The molecule has 5 rings (SSSR count). The second kappa shape index (κ2) is 10.00. The van der Waals surface area contributed by atoms with Crippen LogP contribution in [0.15, 0.2) is 54.7 Å². The van der Waals surface area contributed by atoms with Gasteiger partial charge in [0.25, 0.3) is 0 Å². The van der Waals surface area contributed by atoms with Crippen LogP contribution in [0.1, 0.15) is 24.2 Å². The quantitative estimate of drug-likeness (QED) is 0.347.